The summed E-state index contributed by atoms with van der Waals surface area (Å²) in [5.74, 6) is -0.799. The van der Waals surface area contributed by atoms with Gasteiger partial charge in [0.15, 0.2) is 0 Å². The van der Waals surface area contributed by atoms with Crippen molar-refractivity contribution in [1.29, 1.82) is 0 Å². The predicted molar refractivity (Wildman–Crippen MR) is 258 cm³/mol. The minimum atomic E-state index is -0.984. The standard InChI is InChI=1S/C50H57N11O6/c1-5-45(62)53-39-26-40(55-50-51-19-16-38(54-50)37-30-58(3)41-11-7-6-10-34(37)41)44(67-4)27-43(39)57(2)23-24-59-21-17-31(18-22-59)28-52-32-9-8-20-60(29-32)33-12-13-35-36(25-33)49(66)61(48(35)65)42-14-15-46(63)56-47(42)64/h5-7,10-13,16,19,25-27,30-32,42,52H,1,8-9,14-15,17-18,20-24,28-29H2,2-4H3,(H,53,62)(H,51,54,55)(H,56,63,64)/t32-,42?/m0/s1. The SMILES string of the molecule is C=CC(=O)Nc1cc(Nc2nccc(-c3cn(C)c4ccccc34)n2)c(OC)cc1N(C)CCN1CCC(CN[C@H]2CCCN(c3ccc4c(c3)C(=O)N(C3CCC(=O)NC3=O)C4=O)C2)CC1. The van der Waals surface area contributed by atoms with Crippen molar-refractivity contribution in [3.8, 4) is 17.0 Å². The molecular weight excluding hydrogens is 851 g/mol. The summed E-state index contributed by atoms with van der Waals surface area (Å²) in [6.45, 7) is 9.76. The van der Waals surface area contributed by atoms with Crippen molar-refractivity contribution in [2.45, 2.75) is 50.6 Å². The number of nitrogens with one attached hydrogen (secondary N) is 4. The second-order valence-electron chi connectivity index (χ2n) is 17.9. The average molecular weight is 908 g/mol. The van der Waals surface area contributed by atoms with Gasteiger partial charge in [-0.1, -0.05) is 24.8 Å². The molecule has 0 bridgehead atoms. The molecule has 4 aliphatic rings. The molecule has 0 spiro atoms. The highest BCUT2D eigenvalue weighted by Crippen LogP contribution is 2.39. The number of methoxy groups -OCH3 is 1. The third-order valence-corrected chi connectivity index (χ3v) is 13.6. The predicted octanol–water partition coefficient (Wildman–Crippen LogP) is 5.32. The Hall–Kier alpha value is -7.11. The Balaban J connectivity index is 0.778. The van der Waals surface area contributed by atoms with Crippen LogP contribution in [0, 0.1) is 5.92 Å². The molecule has 3 fully saturated rings. The summed E-state index contributed by atoms with van der Waals surface area (Å²) in [6, 6.07) is 18.5. The molecule has 2 atom stereocenters. The van der Waals surface area contributed by atoms with Crippen molar-refractivity contribution < 1.29 is 28.7 Å². The second kappa shape index (κ2) is 19.4. The molecule has 2 aromatic heterocycles. The smallest absolute Gasteiger partial charge is 0.262 e. The quantitative estimate of drug-likeness (QED) is 0.0783. The number of rotatable bonds is 15. The summed E-state index contributed by atoms with van der Waals surface area (Å²) in [4.78, 5) is 80.9. The molecule has 3 aromatic carbocycles. The number of fused-ring (bicyclic) bond motifs is 2. The molecule has 1 unspecified atom stereocenters. The first kappa shape index (κ1) is 45.1. The number of hydrogen-bond acceptors (Lipinski definition) is 13. The lowest BCUT2D eigenvalue weighted by molar-refractivity contribution is -0.136. The van der Waals surface area contributed by atoms with E-state index in [1.54, 1.807) is 25.4 Å². The Morgan fingerprint density at radius 2 is 1.76 bits per heavy atom. The van der Waals surface area contributed by atoms with Crippen LogP contribution in [0.4, 0.5) is 28.7 Å². The molecule has 5 aromatic rings. The second-order valence-corrected chi connectivity index (χ2v) is 17.9. The number of imide groups is 2. The summed E-state index contributed by atoms with van der Waals surface area (Å²) in [6.07, 6.45) is 9.47. The number of carbonyl (C=O) groups is 5. The number of hydrogen-bond donors (Lipinski definition) is 4. The molecule has 5 amide bonds. The topological polar surface area (TPSA) is 186 Å². The third-order valence-electron chi connectivity index (χ3n) is 13.6. The van der Waals surface area contributed by atoms with Gasteiger partial charge in [-0.3, -0.25) is 34.2 Å². The highest BCUT2D eigenvalue weighted by Gasteiger charge is 2.45. The van der Waals surface area contributed by atoms with Crippen LogP contribution >= 0.6 is 0 Å². The van der Waals surface area contributed by atoms with Crippen LogP contribution in [-0.4, -0.2) is 126 Å². The van der Waals surface area contributed by atoms with E-state index in [1.165, 1.54) is 6.08 Å². The fraction of sp³-hybridized carbons (Fsp3) is 0.380. The van der Waals surface area contributed by atoms with Crippen LogP contribution in [0.15, 0.2) is 85.7 Å². The minimum absolute atomic E-state index is 0.0859. The van der Waals surface area contributed by atoms with Gasteiger partial charge in [-0.2, -0.15) is 0 Å². The van der Waals surface area contributed by atoms with Gasteiger partial charge in [0.1, 0.15) is 11.8 Å². The monoisotopic (exact) mass is 907 g/mol. The Morgan fingerprint density at radius 3 is 2.55 bits per heavy atom. The van der Waals surface area contributed by atoms with Gasteiger partial charge in [0.05, 0.1) is 41.0 Å². The van der Waals surface area contributed by atoms with Crippen molar-refractivity contribution in [2.75, 3.05) is 80.4 Å². The molecule has 4 N–H and O–H groups in total. The molecule has 0 aliphatic carbocycles. The Morgan fingerprint density at radius 1 is 0.955 bits per heavy atom. The van der Waals surface area contributed by atoms with Crippen LogP contribution < -0.4 is 35.8 Å². The largest absolute Gasteiger partial charge is 0.494 e. The molecule has 0 radical (unpaired) electrons. The van der Waals surface area contributed by atoms with E-state index in [1.807, 2.05) is 50.5 Å². The van der Waals surface area contributed by atoms with E-state index >= 15 is 0 Å². The summed E-state index contributed by atoms with van der Waals surface area (Å²) in [5.41, 5.74) is 6.36. The van der Waals surface area contributed by atoms with Gasteiger partial charge >= 0.3 is 0 Å². The fourth-order valence-electron chi connectivity index (χ4n) is 9.86. The van der Waals surface area contributed by atoms with Gasteiger partial charge in [-0.05, 0) is 100 Å². The van der Waals surface area contributed by atoms with Crippen molar-refractivity contribution in [1.82, 2.24) is 35.0 Å². The van der Waals surface area contributed by atoms with E-state index in [2.05, 4.69) is 70.4 Å². The lowest BCUT2D eigenvalue weighted by atomic mass is 9.95. The van der Waals surface area contributed by atoms with E-state index in [4.69, 9.17) is 9.72 Å². The van der Waals surface area contributed by atoms with E-state index in [0.29, 0.717) is 40.1 Å². The fourth-order valence-corrected chi connectivity index (χ4v) is 9.86. The lowest BCUT2D eigenvalue weighted by Gasteiger charge is -2.37. The van der Waals surface area contributed by atoms with Crippen LogP contribution in [0.3, 0.4) is 0 Å². The molecule has 6 heterocycles. The Labute approximate surface area is 389 Å². The van der Waals surface area contributed by atoms with E-state index < -0.39 is 29.7 Å². The van der Waals surface area contributed by atoms with Crippen LogP contribution in [0.25, 0.3) is 22.2 Å². The lowest BCUT2D eigenvalue weighted by Crippen LogP contribution is -2.54. The zero-order valence-corrected chi connectivity index (χ0v) is 38.2. The number of piperidine rings is 3. The number of amides is 5. The maximum atomic E-state index is 13.5. The molecule has 17 nitrogen and oxygen atoms in total. The highest BCUT2D eigenvalue weighted by molar-refractivity contribution is 6.23. The van der Waals surface area contributed by atoms with E-state index in [-0.39, 0.29) is 24.8 Å². The highest BCUT2D eigenvalue weighted by atomic mass is 16.5. The maximum absolute atomic E-state index is 13.5. The number of aromatic nitrogens is 3. The zero-order valence-electron chi connectivity index (χ0n) is 38.2. The Kier molecular flexibility index (Phi) is 13.0. The summed E-state index contributed by atoms with van der Waals surface area (Å²) in [5, 5.41) is 13.5. The van der Waals surface area contributed by atoms with Crippen molar-refractivity contribution in [3.63, 3.8) is 0 Å². The molecule has 67 heavy (non-hydrogen) atoms. The van der Waals surface area contributed by atoms with Gasteiger partial charge in [-0.25, -0.2) is 9.97 Å². The zero-order chi connectivity index (χ0) is 46.8. The number of carbonyl (C=O) groups excluding carboxylic acids is 5. The molecule has 0 saturated carbocycles. The average Bonchev–Trinajstić information content (AvgIpc) is 3.81. The summed E-state index contributed by atoms with van der Waals surface area (Å²) >= 11 is 0. The van der Waals surface area contributed by atoms with Crippen molar-refractivity contribution in [3.05, 3.63) is 96.8 Å². The summed E-state index contributed by atoms with van der Waals surface area (Å²) in [7, 11) is 5.65. The number of aryl methyl sites for hydroxylation is 1. The molecule has 348 valence electrons. The molecular formula is C50H57N11O6. The van der Waals surface area contributed by atoms with Gasteiger partial charge < -0.3 is 40.0 Å². The van der Waals surface area contributed by atoms with E-state index in [0.717, 1.165) is 110 Å². The summed E-state index contributed by atoms with van der Waals surface area (Å²) < 4.78 is 7.96. The number of para-hydroxylation sites is 1. The van der Waals surface area contributed by atoms with Gasteiger partial charge in [0, 0.05) is 93.4 Å². The van der Waals surface area contributed by atoms with Crippen LogP contribution in [0.2, 0.25) is 0 Å². The van der Waals surface area contributed by atoms with Crippen molar-refractivity contribution in [2.24, 2.45) is 13.0 Å². The number of ether oxygens (including phenoxy) is 1. The number of anilines is 5. The number of benzene rings is 3. The van der Waals surface area contributed by atoms with Gasteiger partial charge in [0.2, 0.25) is 23.7 Å². The van der Waals surface area contributed by atoms with Gasteiger partial charge in [0.25, 0.3) is 11.8 Å². The first-order valence-electron chi connectivity index (χ1n) is 23.0. The van der Waals surface area contributed by atoms with Gasteiger partial charge in [-0.15, -0.1) is 0 Å². The Bertz CT molecular complexity index is 2750. The molecule has 17 heteroatoms. The molecule has 3 saturated heterocycles. The van der Waals surface area contributed by atoms with Crippen LogP contribution in [0.5, 0.6) is 5.75 Å². The minimum Gasteiger partial charge on any atom is -0.494 e. The first-order chi connectivity index (χ1) is 32.5. The maximum Gasteiger partial charge on any atom is 0.262 e. The third kappa shape index (κ3) is 9.47. The van der Waals surface area contributed by atoms with E-state index in [9.17, 15) is 24.0 Å². The normalized spacial score (nSPS) is 19.1. The number of likely N-dealkylation sites (tertiary alicyclic amines) is 1. The van der Waals surface area contributed by atoms with Crippen LogP contribution in [0.1, 0.15) is 59.2 Å². The first-order valence-corrected chi connectivity index (χ1v) is 23.0. The molecule has 9 rings (SSSR count). The number of nitrogens with zero attached hydrogens (tertiary/aromatic N) is 7. The van der Waals surface area contributed by atoms with Crippen molar-refractivity contribution >= 4 is 69.1 Å². The molecule has 4 aliphatic heterocycles. The number of likely N-dealkylation sites (N-methyl/N-ethyl adjacent to an activating group) is 1. The van der Waals surface area contributed by atoms with Crippen LogP contribution in [-0.2, 0) is 21.4 Å².